The lowest BCUT2D eigenvalue weighted by Crippen LogP contribution is -2.17. The average molecular weight is 372 g/mol. The van der Waals surface area contributed by atoms with Crippen molar-refractivity contribution in [3.05, 3.63) is 51.6 Å². The third-order valence-electron chi connectivity index (χ3n) is 3.58. The monoisotopic (exact) mass is 372 g/mol. The molecule has 0 aliphatic carbocycles. The van der Waals surface area contributed by atoms with E-state index in [1.807, 2.05) is 0 Å². The summed E-state index contributed by atoms with van der Waals surface area (Å²) in [5.74, 6) is -0.300. The molecule has 10 heteroatoms. The highest BCUT2D eigenvalue weighted by Crippen LogP contribution is 2.33. The molecule has 0 saturated heterocycles. The van der Waals surface area contributed by atoms with Gasteiger partial charge < -0.3 is 19.3 Å². The number of hydrogen-bond acceptors (Lipinski definition) is 8. The number of ether oxygens (including phenoxy) is 3. The van der Waals surface area contributed by atoms with Crippen LogP contribution < -0.4 is 24.7 Å². The number of non-ortho nitro benzene ring substituents is 1. The van der Waals surface area contributed by atoms with E-state index in [2.05, 4.69) is 10.5 Å². The van der Waals surface area contributed by atoms with Gasteiger partial charge in [-0.15, -0.1) is 0 Å². The first kappa shape index (κ1) is 18.0. The number of hydrogen-bond donors (Lipinski definition) is 1. The second-order valence-electron chi connectivity index (χ2n) is 5.32. The number of carbonyl (C=O) groups is 1. The Hall–Kier alpha value is -3.82. The minimum absolute atomic E-state index is 0.0831. The molecule has 1 aliphatic rings. The summed E-state index contributed by atoms with van der Waals surface area (Å²) >= 11 is 0. The van der Waals surface area contributed by atoms with Gasteiger partial charge in [-0.25, -0.2) is 5.43 Å². The maximum absolute atomic E-state index is 12.2. The van der Waals surface area contributed by atoms with E-state index < -0.39 is 16.6 Å². The van der Waals surface area contributed by atoms with Crippen molar-refractivity contribution in [1.82, 2.24) is 5.43 Å². The maximum atomic E-state index is 12.2. The molecule has 1 N–H and O–H groups in total. The molecular weight excluding hydrogens is 358 g/mol. The summed E-state index contributed by atoms with van der Waals surface area (Å²) in [6.45, 7) is 1.91. The number of benzene rings is 2. The third kappa shape index (κ3) is 3.89. The number of nitro groups is 1. The Balaban J connectivity index is 1.77. The molecule has 0 aromatic heterocycles. The highest BCUT2D eigenvalue weighted by atomic mass is 16.7. The van der Waals surface area contributed by atoms with E-state index in [0.29, 0.717) is 11.5 Å². The van der Waals surface area contributed by atoms with Gasteiger partial charge in [0.05, 0.1) is 23.8 Å². The molecular formula is C17H14N3O7-. The lowest BCUT2D eigenvalue weighted by Gasteiger charge is -2.16. The zero-order valence-electron chi connectivity index (χ0n) is 14.1. The van der Waals surface area contributed by atoms with Crippen LogP contribution in [0.3, 0.4) is 0 Å². The van der Waals surface area contributed by atoms with Gasteiger partial charge in [-0.05, 0) is 30.7 Å². The number of nitro benzene ring substituents is 1. The Morgan fingerprint density at radius 3 is 2.85 bits per heavy atom. The summed E-state index contributed by atoms with van der Waals surface area (Å²) in [5, 5.41) is 26.9. The molecule has 2 aromatic carbocycles. The summed E-state index contributed by atoms with van der Waals surface area (Å²) in [7, 11) is 0. The molecule has 3 rings (SSSR count). The van der Waals surface area contributed by atoms with Crippen LogP contribution in [0.5, 0.6) is 23.0 Å². The first-order valence-corrected chi connectivity index (χ1v) is 7.85. The van der Waals surface area contributed by atoms with Crippen LogP contribution in [0.15, 0.2) is 35.4 Å². The van der Waals surface area contributed by atoms with Gasteiger partial charge in [0.15, 0.2) is 11.5 Å². The predicted octanol–water partition coefficient (Wildman–Crippen LogP) is 1.56. The molecule has 0 fully saturated rings. The Kier molecular flexibility index (Phi) is 5.06. The van der Waals surface area contributed by atoms with Gasteiger partial charge >= 0.3 is 0 Å². The van der Waals surface area contributed by atoms with Crippen molar-refractivity contribution >= 4 is 17.8 Å². The second kappa shape index (κ2) is 7.60. The summed E-state index contributed by atoms with van der Waals surface area (Å²) < 4.78 is 15.5. The van der Waals surface area contributed by atoms with Crippen molar-refractivity contribution in [2.45, 2.75) is 6.92 Å². The summed E-state index contributed by atoms with van der Waals surface area (Å²) in [6.07, 6.45) is 1.03. The van der Waals surface area contributed by atoms with Crippen molar-refractivity contribution in [2.24, 2.45) is 5.10 Å². The first-order chi connectivity index (χ1) is 13.0. The van der Waals surface area contributed by atoms with E-state index in [1.165, 1.54) is 12.1 Å². The quantitative estimate of drug-likeness (QED) is 0.462. The smallest absolute Gasteiger partial charge is 0.273 e. The van der Waals surface area contributed by atoms with Gasteiger partial charge in [0.2, 0.25) is 6.79 Å². The molecule has 27 heavy (non-hydrogen) atoms. The first-order valence-electron chi connectivity index (χ1n) is 7.85. The van der Waals surface area contributed by atoms with Crippen molar-refractivity contribution in [1.29, 1.82) is 0 Å². The molecule has 2 aromatic rings. The summed E-state index contributed by atoms with van der Waals surface area (Å²) in [6, 6.07) is 6.71. The zero-order valence-corrected chi connectivity index (χ0v) is 14.1. The van der Waals surface area contributed by atoms with Crippen LogP contribution in [-0.2, 0) is 0 Å². The van der Waals surface area contributed by atoms with E-state index in [9.17, 15) is 20.0 Å². The van der Waals surface area contributed by atoms with Crippen LogP contribution >= 0.6 is 0 Å². The maximum Gasteiger partial charge on any atom is 0.273 e. The fourth-order valence-electron chi connectivity index (χ4n) is 2.34. The summed E-state index contributed by atoms with van der Waals surface area (Å²) in [5.41, 5.74) is 2.12. The Bertz CT molecular complexity index is 927. The molecule has 0 bridgehead atoms. The van der Waals surface area contributed by atoms with Gasteiger partial charge in [-0.3, -0.25) is 14.9 Å². The van der Waals surface area contributed by atoms with E-state index in [-0.39, 0.29) is 36.0 Å². The van der Waals surface area contributed by atoms with Crippen LogP contribution in [0.2, 0.25) is 0 Å². The average Bonchev–Trinajstić information content (AvgIpc) is 3.12. The summed E-state index contributed by atoms with van der Waals surface area (Å²) in [4.78, 5) is 22.5. The largest absolute Gasteiger partial charge is 0.870 e. The van der Waals surface area contributed by atoms with E-state index >= 15 is 0 Å². The van der Waals surface area contributed by atoms with Crippen molar-refractivity contribution in [2.75, 3.05) is 13.4 Å². The highest BCUT2D eigenvalue weighted by molar-refractivity contribution is 5.96. The number of rotatable bonds is 6. The van der Waals surface area contributed by atoms with Crippen LogP contribution in [0, 0.1) is 10.1 Å². The van der Waals surface area contributed by atoms with E-state index in [1.54, 1.807) is 13.0 Å². The fraction of sp³-hybridized carbons (Fsp3) is 0.176. The zero-order chi connectivity index (χ0) is 19.4. The van der Waals surface area contributed by atoms with E-state index in [4.69, 9.17) is 14.2 Å². The third-order valence-corrected chi connectivity index (χ3v) is 3.58. The van der Waals surface area contributed by atoms with Gasteiger partial charge in [0, 0.05) is 11.6 Å². The number of fused-ring (bicyclic) bond motifs is 1. The molecule has 1 aliphatic heterocycles. The molecule has 0 radical (unpaired) electrons. The van der Waals surface area contributed by atoms with Crippen molar-refractivity contribution in [3.8, 4) is 23.0 Å². The molecule has 0 saturated carbocycles. The van der Waals surface area contributed by atoms with Crippen LogP contribution in [0.25, 0.3) is 0 Å². The van der Waals surface area contributed by atoms with Crippen LogP contribution in [0.1, 0.15) is 22.8 Å². The molecule has 0 unspecified atom stereocenters. The highest BCUT2D eigenvalue weighted by Gasteiger charge is 2.16. The number of carbonyl (C=O) groups excluding carboxylic acids is 1. The van der Waals surface area contributed by atoms with E-state index in [0.717, 1.165) is 18.3 Å². The number of nitrogens with zero attached hydrogens (tertiary/aromatic N) is 2. The topological polar surface area (TPSA) is 135 Å². The molecule has 1 amide bonds. The van der Waals surface area contributed by atoms with Crippen molar-refractivity contribution < 1.29 is 29.0 Å². The standard InChI is InChI=1S/C17H15N3O7/c1-2-25-15-7-12(20(23)24)5-11(16(15)21)8-18-19-17(22)10-3-4-13-14(6-10)27-9-26-13/h3-8,21H,2,9H2,1H3,(H,19,22)/p-1/b18-8-. The van der Waals surface area contributed by atoms with Crippen molar-refractivity contribution in [3.63, 3.8) is 0 Å². The lowest BCUT2D eigenvalue weighted by atomic mass is 10.1. The number of hydrazone groups is 1. The minimum atomic E-state index is -0.648. The Labute approximate surface area is 153 Å². The molecule has 1 heterocycles. The van der Waals surface area contributed by atoms with Gasteiger partial charge in [-0.1, -0.05) is 5.75 Å². The minimum Gasteiger partial charge on any atom is -0.870 e. The SMILES string of the molecule is CCOc1cc([N+](=O)[O-])cc(/C=N\NC(=O)c2ccc3c(c2)OCO3)c1[O-]. The molecule has 140 valence electrons. The lowest BCUT2D eigenvalue weighted by molar-refractivity contribution is -0.385. The fourth-order valence-corrected chi connectivity index (χ4v) is 2.34. The molecule has 0 spiro atoms. The van der Waals surface area contributed by atoms with Gasteiger partial charge in [0.25, 0.3) is 11.6 Å². The Morgan fingerprint density at radius 2 is 2.11 bits per heavy atom. The van der Waals surface area contributed by atoms with Gasteiger partial charge in [0.1, 0.15) is 5.75 Å². The second-order valence-corrected chi connectivity index (χ2v) is 5.32. The molecule has 10 nitrogen and oxygen atoms in total. The predicted molar refractivity (Wildman–Crippen MR) is 91.3 cm³/mol. The number of amides is 1. The van der Waals surface area contributed by atoms with Crippen LogP contribution in [-0.4, -0.2) is 30.4 Å². The number of nitrogens with one attached hydrogen (secondary N) is 1. The Morgan fingerprint density at radius 1 is 1.33 bits per heavy atom. The normalized spacial score (nSPS) is 12.2. The van der Waals surface area contributed by atoms with Gasteiger partial charge in [-0.2, -0.15) is 5.10 Å². The molecule has 0 atom stereocenters. The van der Waals surface area contributed by atoms with Crippen LogP contribution in [0.4, 0.5) is 5.69 Å².